The molecule has 154 valence electrons. The number of hydrogen-bond acceptors (Lipinski definition) is 4. The molecule has 0 saturated heterocycles. The molecule has 0 radical (unpaired) electrons. The fraction of sp³-hybridized carbons (Fsp3) is 0.364. The summed E-state index contributed by atoms with van der Waals surface area (Å²) in [7, 11) is 2.04. The topological polar surface area (TPSA) is 54.0 Å². The van der Waals surface area contributed by atoms with Crippen LogP contribution in [0.15, 0.2) is 48.8 Å². The summed E-state index contributed by atoms with van der Waals surface area (Å²) in [6, 6.07) is 9.78. The van der Waals surface area contributed by atoms with Crippen molar-refractivity contribution < 1.29 is 13.5 Å². The van der Waals surface area contributed by atoms with Gasteiger partial charge in [-0.3, -0.25) is 5.10 Å². The summed E-state index contributed by atoms with van der Waals surface area (Å²) in [5.41, 5.74) is 2.14. The van der Waals surface area contributed by atoms with Gasteiger partial charge in [0.15, 0.2) is 0 Å². The van der Waals surface area contributed by atoms with Gasteiger partial charge in [-0.25, -0.2) is 13.8 Å². The van der Waals surface area contributed by atoms with Crippen LogP contribution in [0.3, 0.4) is 0 Å². The van der Waals surface area contributed by atoms with Gasteiger partial charge < -0.3 is 9.64 Å². The molecule has 3 rings (SSSR count). The van der Waals surface area contributed by atoms with Crippen LogP contribution in [0.2, 0.25) is 0 Å². The van der Waals surface area contributed by atoms with Crippen LogP contribution in [0.4, 0.5) is 8.78 Å². The molecule has 0 atom stereocenters. The Hall–Kier alpha value is -2.80. The maximum Gasteiger partial charge on any atom is 0.270 e. The molecule has 29 heavy (non-hydrogen) atoms. The average Bonchev–Trinajstić information content (AvgIpc) is 3.14. The molecule has 0 amide bonds. The molecule has 0 fully saturated rings. The molecule has 3 aromatic rings. The van der Waals surface area contributed by atoms with Gasteiger partial charge in [-0.15, -0.1) is 0 Å². The molecule has 0 bridgehead atoms. The van der Waals surface area contributed by atoms with Gasteiger partial charge in [0.2, 0.25) is 5.88 Å². The molecular weight excluding hydrogens is 374 g/mol. The first kappa shape index (κ1) is 20.9. The minimum atomic E-state index is -3.00. The molecule has 0 aliphatic heterocycles. The van der Waals surface area contributed by atoms with Crippen LogP contribution in [-0.4, -0.2) is 33.7 Å². The normalized spacial score (nSPS) is 11.8. The summed E-state index contributed by atoms with van der Waals surface area (Å²) < 4.78 is 34.0. The highest BCUT2D eigenvalue weighted by Gasteiger charge is 2.26. The molecule has 0 spiro atoms. The third-order valence-corrected chi connectivity index (χ3v) is 4.61. The lowest BCUT2D eigenvalue weighted by molar-refractivity contribution is 0.0173. The Bertz CT molecular complexity index is 922. The molecule has 1 N–H and O–H groups in total. The van der Waals surface area contributed by atoms with Crippen molar-refractivity contribution in [3.63, 3.8) is 0 Å². The highest BCUT2D eigenvalue weighted by molar-refractivity contribution is 5.66. The van der Waals surface area contributed by atoms with Crippen LogP contribution >= 0.6 is 0 Å². The molecule has 7 heteroatoms. The van der Waals surface area contributed by atoms with E-state index in [0.717, 1.165) is 31.9 Å². The van der Waals surface area contributed by atoms with Crippen LogP contribution in [0.25, 0.3) is 11.3 Å². The molecule has 5 nitrogen and oxygen atoms in total. The second-order valence-corrected chi connectivity index (χ2v) is 7.27. The summed E-state index contributed by atoms with van der Waals surface area (Å²) in [5, 5.41) is 7.11. The van der Waals surface area contributed by atoms with Crippen molar-refractivity contribution in [1.29, 1.82) is 0 Å². The highest BCUT2D eigenvalue weighted by atomic mass is 19.3. The first-order valence-corrected chi connectivity index (χ1v) is 9.70. The summed E-state index contributed by atoms with van der Waals surface area (Å²) in [6.45, 7) is 4.66. The summed E-state index contributed by atoms with van der Waals surface area (Å²) in [6.07, 6.45) is 5.55. The number of unbranched alkanes of at least 4 members (excludes halogenated alkanes) is 1. The van der Waals surface area contributed by atoms with Gasteiger partial charge in [0.25, 0.3) is 5.92 Å². The van der Waals surface area contributed by atoms with Gasteiger partial charge in [0, 0.05) is 42.4 Å². The van der Waals surface area contributed by atoms with Gasteiger partial charge in [-0.2, -0.15) is 5.10 Å². The number of aromatic nitrogens is 3. The van der Waals surface area contributed by atoms with Crippen molar-refractivity contribution in [3.8, 4) is 22.9 Å². The van der Waals surface area contributed by atoms with E-state index in [0.29, 0.717) is 29.4 Å². The third-order valence-electron chi connectivity index (χ3n) is 4.61. The number of alkyl halides is 2. The van der Waals surface area contributed by atoms with E-state index in [2.05, 4.69) is 27.0 Å². The van der Waals surface area contributed by atoms with Crippen molar-refractivity contribution in [3.05, 3.63) is 59.9 Å². The molecule has 0 unspecified atom stereocenters. The monoisotopic (exact) mass is 400 g/mol. The van der Waals surface area contributed by atoms with Gasteiger partial charge in [0.1, 0.15) is 5.75 Å². The third kappa shape index (κ3) is 5.60. The van der Waals surface area contributed by atoms with E-state index in [1.807, 2.05) is 7.05 Å². The number of rotatable bonds is 9. The smallest absolute Gasteiger partial charge is 0.270 e. The minimum absolute atomic E-state index is 0.124. The molecule has 0 aliphatic carbocycles. The second kappa shape index (κ2) is 9.13. The van der Waals surface area contributed by atoms with E-state index in [4.69, 9.17) is 4.74 Å². The predicted molar refractivity (Wildman–Crippen MR) is 109 cm³/mol. The van der Waals surface area contributed by atoms with Crippen molar-refractivity contribution in [2.24, 2.45) is 0 Å². The lowest BCUT2D eigenvalue weighted by atomic mass is 10.0. The molecular formula is C22H26F2N4O. The zero-order valence-corrected chi connectivity index (χ0v) is 17.0. The van der Waals surface area contributed by atoms with E-state index in [1.54, 1.807) is 36.7 Å². The molecule has 0 saturated carbocycles. The average molecular weight is 400 g/mol. The number of pyridine rings is 1. The fourth-order valence-electron chi connectivity index (χ4n) is 3.06. The molecule has 1 aromatic carbocycles. The summed E-state index contributed by atoms with van der Waals surface area (Å²) in [5.74, 6) is -2.35. The quantitative estimate of drug-likeness (QED) is 0.507. The second-order valence-electron chi connectivity index (χ2n) is 7.27. The zero-order chi connectivity index (χ0) is 20.9. The first-order valence-electron chi connectivity index (χ1n) is 9.70. The standard InChI is InChI=1S/C22H26F2N4O/c1-4-5-10-28(3)15-17-14-26-27-21(17)16-11-18(22(2,23)24)13-19(12-16)29-20-8-6-7-9-25-20/h6-9,11-14H,4-5,10,15H2,1-3H3,(H,26,27). The van der Waals surface area contributed by atoms with E-state index in [9.17, 15) is 8.78 Å². The van der Waals surface area contributed by atoms with E-state index < -0.39 is 5.92 Å². The van der Waals surface area contributed by atoms with Gasteiger partial charge in [0.05, 0.1) is 11.9 Å². The Morgan fingerprint density at radius 1 is 1.21 bits per heavy atom. The number of ether oxygens (including phenoxy) is 1. The van der Waals surface area contributed by atoms with Crippen LogP contribution in [0.1, 0.15) is 37.8 Å². The van der Waals surface area contributed by atoms with Crippen LogP contribution < -0.4 is 4.74 Å². The molecule has 2 aromatic heterocycles. The van der Waals surface area contributed by atoms with Crippen molar-refractivity contribution in [1.82, 2.24) is 20.1 Å². The number of aromatic amines is 1. The Morgan fingerprint density at radius 2 is 2.03 bits per heavy atom. The van der Waals surface area contributed by atoms with Crippen molar-refractivity contribution in [2.45, 2.75) is 39.2 Å². The number of hydrogen-bond donors (Lipinski definition) is 1. The summed E-state index contributed by atoms with van der Waals surface area (Å²) in [4.78, 5) is 6.30. The van der Waals surface area contributed by atoms with Crippen LogP contribution in [0, 0.1) is 0 Å². The Balaban J connectivity index is 1.95. The van der Waals surface area contributed by atoms with Crippen molar-refractivity contribution >= 4 is 0 Å². The largest absolute Gasteiger partial charge is 0.439 e. The Morgan fingerprint density at radius 3 is 2.72 bits per heavy atom. The van der Waals surface area contributed by atoms with E-state index in [-0.39, 0.29) is 5.56 Å². The summed E-state index contributed by atoms with van der Waals surface area (Å²) >= 11 is 0. The van der Waals surface area contributed by atoms with Crippen LogP contribution in [-0.2, 0) is 12.5 Å². The van der Waals surface area contributed by atoms with Crippen molar-refractivity contribution in [2.75, 3.05) is 13.6 Å². The number of H-pyrrole nitrogens is 1. The lowest BCUT2D eigenvalue weighted by Gasteiger charge is -2.17. The maximum absolute atomic E-state index is 14.1. The maximum atomic E-state index is 14.1. The predicted octanol–water partition coefficient (Wildman–Crippen LogP) is 5.61. The minimum Gasteiger partial charge on any atom is -0.439 e. The molecule has 0 aliphatic rings. The number of benzene rings is 1. The SMILES string of the molecule is CCCCN(C)Cc1cn[nH]c1-c1cc(Oc2ccccn2)cc(C(C)(F)F)c1. The fourth-order valence-corrected chi connectivity index (χ4v) is 3.06. The highest BCUT2D eigenvalue weighted by Crippen LogP contribution is 2.36. The van der Waals surface area contributed by atoms with E-state index >= 15 is 0 Å². The lowest BCUT2D eigenvalue weighted by Crippen LogP contribution is -2.19. The first-order chi connectivity index (χ1) is 13.9. The zero-order valence-electron chi connectivity index (χ0n) is 17.0. The van der Waals surface area contributed by atoms with Gasteiger partial charge in [-0.1, -0.05) is 19.4 Å². The Kier molecular flexibility index (Phi) is 6.59. The Labute approximate surface area is 169 Å². The van der Waals surface area contributed by atoms with Gasteiger partial charge >= 0.3 is 0 Å². The number of halogens is 2. The molecule has 2 heterocycles. The number of nitrogens with one attached hydrogen (secondary N) is 1. The number of nitrogens with zero attached hydrogens (tertiary/aromatic N) is 3. The van der Waals surface area contributed by atoms with E-state index in [1.165, 1.54) is 12.1 Å². The van der Waals surface area contributed by atoms with Crippen LogP contribution in [0.5, 0.6) is 11.6 Å². The van der Waals surface area contributed by atoms with Gasteiger partial charge in [-0.05, 0) is 44.3 Å².